The van der Waals surface area contributed by atoms with Crippen molar-refractivity contribution in [2.45, 2.75) is 32.6 Å². The molecule has 0 aromatic rings. The molecular formula is C9H13O. The van der Waals surface area contributed by atoms with Crippen LogP contribution in [-0.2, 0) is 4.79 Å². The van der Waals surface area contributed by atoms with Gasteiger partial charge in [-0.2, -0.15) is 0 Å². The van der Waals surface area contributed by atoms with Gasteiger partial charge in [-0.1, -0.05) is 18.6 Å². The van der Waals surface area contributed by atoms with Crippen molar-refractivity contribution in [3.63, 3.8) is 0 Å². The standard InChI is InChI=1S/C9H13O/c1-8(7-10)9-5-3-2-4-6-9/h5,8H,2-4,6H2,1H3. The van der Waals surface area contributed by atoms with Gasteiger partial charge in [-0.3, -0.25) is 4.79 Å². The number of carbonyl (C=O) groups excluding carboxylic acids is 1. The summed E-state index contributed by atoms with van der Waals surface area (Å²) in [7, 11) is 0. The lowest BCUT2D eigenvalue weighted by Crippen LogP contribution is -2.03. The highest BCUT2D eigenvalue weighted by Crippen LogP contribution is 2.22. The van der Waals surface area contributed by atoms with Gasteiger partial charge in [0.2, 0.25) is 6.29 Å². The average molecular weight is 137 g/mol. The van der Waals surface area contributed by atoms with Gasteiger partial charge in [0.05, 0.1) is 0 Å². The van der Waals surface area contributed by atoms with Gasteiger partial charge in [-0.15, -0.1) is 0 Å². The molecule has 0 saturated heterocycles. The Morgan fingerprint density at radius 3 is 2.90 bits per heavy atom. The summed E-state index contributed by atoms with van der Waals surface area (Å²) >= 11 is 0. The second kappa shape index (κ2) is 3.55. The highest BCUT2D eigenvalue weighted by Gasteiger charge is 2.10. The molecule has 0 fully saturated rings. The lowest BCUT2D eigenvalue weighted by molar-refractivity contribution is 0.533. The Labute approximate surface area is 62.1 Å². The van der Waals surface area contributed by atoms with Crippen LogP contribution in [-0.4, -0.2) is 6.29 Å². The summed E-state index contributed by atoms with van der Waals surface area (Å²) in [5.74, 6) is 0.0419. The van der Waals surface area contributed by atoms with Crippen LogP contribution >= 0.6 is 0 Å². The molecule has 0 N–H and O–H groups in total. The molecule has 1 aliphatic rings. The lowest BCUT2D eigenvalue weighted by atomic mass is 9.91. The minimum atomic E-state index is 0.0419. The Balaban J connectivity index is 2.52. The summed E-state index contributed by atoms with van der Waals surface area (Å²) in [6.07, 6.45) is 9.01. The van der Waals surface area contributed by atoms with Crippen LogP contribution in [0, 0.1) is 5.92 Å². The van der Waals surface area contributed by atoms with Crippen molar-refractivity contribution in [2.24, 2.45) is 5.92 Å². The Morgan fingerprint density at radius 1 is 1.60 bits per heavy atom. The third-order valence-electron chi connectivity index (χ3n) is 2.06. The van der Waals surface area contributed by atoms with E-state index in [0.717, 1.165) is 12.8 Å². The maximum atomic E-state index is 10.2. The maximum absolute atomic E-state index is 10.2. The molecule has 0 amide bonds. The summed E-state index contributed by atoms with van der Waals surface area (Å²) in [6, 6.07) is 0. The minimum absolute atomic E-state index is 0.0419. The molecule has 1 atom stereocenters. The SMILES string of the molecule is CC([C]=O)C1=CCCCC1. The van der Waals surface area contributed by atoms with E-state index in [-0.39, 0.29) is 5.92 Å². The molecule has 0 aliphatic heterocycles. The van der Waals surface area contributed by atoms with Crippen molar-refractivity contribution in [3.8, 4) is 0 Å². The van der Waals surface area contributed by atoms with Crippen molar-refractivity contribution >= 4 is 6.29 Å². The average Bonchev–Trinajstić information content (AvgIpc) is 2.05. The fraction of sp³-hybridized carbons (Fsp3) is 0.667. The number of allylic oxidation sites excluding steroid dienone is 2. The quantitative estimate of drug-likeness (QED) is 0.533. The van der Waals surface area contributed by atoms with Crippen molar-refractivity contribution in [3.05, 3.63) is 11.6 Å². The summed E-state index contributed by atoms with van der Waals surface area (Å²) in [4.78, 5) is 10.2. The van der Waals surface area contributed by atoms with Gasteiger partial charge < -0.3 is 0 Å². The zero-order chi connectivity index (χ0) is 7.40. The van der Waals surface area contributed by atoms with E-state index < -0.39 is 0 Å². The van der Waals surface area contributed by atoms with Gasteiger partial charge in [-0.05, 0) is 25.7 Å². The molecule has 1 unspecified atom stereocenters. The molecule has 0 heterocycles. The van der Waals surface area contributed by atoms with Gasteiger partial charge in [0.15, 0.2) is 0 Å². The molecule has 0 aromatic heterocycles. The molecule has 1 aliphatic carbocycles. The first-order valence-corrected chi connectivity index (χ1v) is 3.91. The Morgan fingerprint density at radius 2 is 2.40 bits per heavy atom. The second-order valence-corrected chi connectivity index (χ2v) is 2.86. The predicted molar refractivity (Wildman–Crippen MR) is 41.4 cm³/mol. The van der Waals surface area contributed by atoms with Gasteiger partial charge >= 0.3 is 0 Å². The first kappa shape index (κ1) is 7.52. The minimum Gasteiger partial charge on any atom is -0.290 e. The van der Waals surface area contributed by atoms with Crippen molar-refractivity contribution in [1.29, 1.82) is 0 Å². The number of hydrogen-bond acceptors (Lipinski definition) is 1. The molecule has 1 radical (unpaired) electrons. The van der Waals surface area contributed by atoms with Crippen LogP contribution in [0.3, 0.4) is 0 Å². The molecule has 1 nitrogen and oxygen atoms in total. The van der Waals surface area contributed by atoms with E-state index in [9.17, 15) is 4.79 Å². The molecular weight excluding hydrogens is 124 g/mol. The van der Waals surface area contributed by atoms with E-state index >= 15 is 0 Å². The Bertz CT molecular complexity index is 147. The molecule has 0 bridgehead atoms. The summed E-state index contributed by atoms with van der Waals surface area (Å²) in [5, 5.41) is 0. The number of hydrogen-bond donors (Lipinski definition) is 0. The van der Waals surface area contributed by atoms with Gasteiger partial charge in [-0.25, -0.2) is 0 Å². The van der Waals surface area contributed by atoms with E-state index in [1.54, 1.807) is 0 Å². The zero-order valence-electron chi connectivity index (χ0n) is 6.39. The molecule has 55 valence electrons. The summed E-state index contributed by atoms with van der Waals surface area (Å²) in [6.45, 7) is 1.92. The monoisotopic (exact) mass is 137 g/mol. The predicted octanol–water partition coefficient (Wildman–Crippen LogP) is 2.23. The highest BCUT2D eigenvalue weighted by molar-refractivity contribution is 5.59. The van der Waals surface area contributed by atoms with Crippen molar-refractivity contribution in [2.75, 3.05) is 0 Å². The third kappa shape index (κ3) is 1.69. The van der Waals surface area contributed by atoms with Crippen LogP contribution < -0.4 is 0 Å². The van der Waals surface area contributed by atoms with E-state index in [1.165, 1.54) is 18.4 Å². The molecule has 1 rings (SSSR count). The van der Waals surface area contributed by atoms with Crippen LogP contribution in [0.5, 0.6) is 0 Å². The topological polar surface area (TPSA) is 17.1 Å². The fourth-order valence-corrected chi connectivity index (χ4v) is 1.33. The van der Waals surface area contributed by atoms with Crippen LogP contribution in [0.1, 0.15) is 32.6 Å². The summed E-state index contributed by atoms with van der Waals surface area (Å²) in [5.41, 5.74) is 1.29. The Hall–Kier alpha value is -0.590. The van der Waals surface area contributed by atoms with E-state index in [1.807, 2.05) is 13.2 Å². The number of rotatable bonds is 2. The summed E-state index contributed by atoms with van der Waals surface area (Å²) < 4.78 is 0. The first-order chi connectivity index (χ1) is 4.84. The lowest BCUT2D eigenvalue weighted by Gasteiger charge is -2.13. The van der Waals surface area contributed by atoms with Crippen LogP contribution in [0.25, 0.3) is 0 Å². The van der Waals surface area contributed by atoms with E-state index in [2.05, 4.69) is 6.08 Å². The van der Waals surface area contributed by atoms with Crippen LogP contribution in [0.15, 0.2) is 11.6 Å². The molecule has 10 heavy (non-hydrogen) atoms. The van der Waals surface area contributed by atoms with Gasteiger partial charge in [0.1, 0.15) is 0 Å². The molecule has 1 heteroatoms. The van der Waals surface area contributed by atoms with E-state index in [4.69, 9.17) is 0 Å². The molecule has 0 spiro atoms. The van der Waals surface area contributed by atoms with Crippen LogP contribution in [0.2, 0.25) is 0 Å². The second-order valence-electron chi connectivity index (χ2n) is 2.86. The first-order valence-electron chi connectivity index (χ1n) is 3.91. The van der Waals surface area contributed by atoms with Crippen LogP contribution in [0.4, 0.5) is 0 Å². The molecule has 0 saturated carbocycles. The fourth-order valence-electron chi connectivity index (χ4n) is 1.33. The van der Waals surface area contributed by atoms with Gasteiger partial charge in [0.25, 0.3) is 0 Å². The zero-order valence-corrected chi connectivity index (χ0v) is 6.39. The van der Waals surface area contributed by atoms with Gasteiger partial charge in [0, 0.05) is 5.92 Å². The smallest absolute Gasteiger partial charge is 0.205 e. The van der Waals surface area contributed by atoms with E-state index in [0.29, 0.717) is 0 Å². The highest BCUT2D eigenvalue weighted by atomic mass is 16.1. The maximum Gasteiger partial charge on any atom is 0.205 e. The van der Waals surface area contributed by atoms with Crippen molar-refractivity contribution in [1.82, 2.24) is 0 Å². The third-order valence-corrected chi connectivity index (χ3v) is 2.06. The largest absolute Gasteiger partial charge is 0.290 e. The molecule has 0 aromatic carbocycles. The Kier molecular flexibility index (Phi) is 2.67. The van der Waals surface area contributed by atoms with Crippen molar-refractivity contribution < 1.29 is 4.79 Å². The normalized spacial score (nSPS) is 21.5.